The summed E-state index contributed by atoms with van der Waals surface area (Å²) in [4.78, 5) is 12.4. The molecule has 26 heavy (non-hydrogen) atoms. The Hall–Kier alpha value is -1.74. The van der Waals surface area contributed by atoms with Crippen molar-refractivity contribution in [2.24, 2.45) is 5.92 Å². The van der Waals surface area contributed by atoms with E-state index in [0.717, 1.165) is 6.08 Å². The van der Waals surface area contributed by atoms with Crippen LogP contribution >= 0.6 is 11.6 Å². The highest BCUT2D eigenvalue weighted by atomic mass is 35.5. The number of anilines is 1. The minimum atomic E-state index is -4.35. The molecular formula is C16H18ClF3N2O3S. The van der Waals surface area contributed by atoms with Crippen LogP contribution in [0.2, 0.25) is 5.02 Å². The van der Waals surface area contributed by atoms with Crippen molar-refractivity contribution in [2.75, 3.05) is 4.72 Å². The first kappa shape index (κ1) is 20.6. The van der Waals surface area contributed by atoms with Crippen LogP contribution in [0.15, 0.2) is 30.0 Å². The fraction of sp³-hybridized carbons (Fsp3) is 0.438. The van der Waals surface area contributed by atoms with Gasteiger partial charge in [0.1, 0.15) is 0 Å². The fourth-order valence-electron chi connectivity index (χ4n) is 2.05. The molecule has 0 fully saturated rings. The summed E-state index contributed by atoms with van der Waals surface area (Å²) in [6.07, 6.45) is -3.77. The smallest absolute Gasteiger partial charge is 0.326 e. The molecule has 144 valence electrons. The monoisotopic (exact) mass is 410 g/mol. The summed E-state index contributed by atoms with van der Waals surface area (Å²) in [5.41, 5.74) is 0.0396. The van der Waals surface area contributed by atoms with Crippen LogP contribution in [0.1, 0.15) is 37.6 Å². The Bertz CT molecular complexity index is 858. The maximum atomic E-state index is 12.5. The largest absolute Gasteiger partial charge is 0.395 e. The number of allylic oxidation sites excluding steroid dienone is 2. The predicted octanol–water partition coefficient (Wildman–Crippen LogP) is 4.08. The highest BCUT2D eigenvalue weighted by Gasteiger charge is 2.43. The molecule has 0 aliphatic heterocycles. The summed E-state index contributed by atoms with van der Waals surface area (Å²) in [5.74, 6) is -2.33. The van der Waals surface area contributed by atoms with E-state index < -0.39 is 32.8 Å². The number of sulfonamides is 1. The zero-order valence-electron chi connectivity index (χ0n) is 14.2. The number of hydrogen-bond acceptors (Lipinski definition) is 3. The van der Waals surface area contributed by atoms with Crippen LogP contribution < -0.4 is 10.0 Å². The van der Waals surface area contributed by atoms with Gasteiger partial charge < -0.3 is 5.32 Å². The highest BCUT2D eigenvalue weighted by molar-refractivity contribution is 7.94. The molecule has 1 aliphatic rings. The van der Waals surface area contributed by atoms with Crippen molar-refractivity contribution < 1.29 is 26.4 Å². The topological polar surface area (TPSA) is 75.3 Å². The van der Waals surface area contributed by atoms with E-state index in [1.54, 1.807) is 0 Å². The minimum absolute atomic E-state index is 0.00544. The zero-order chi connectivity index (χ0) is 19.9. The molecule has 2 rings (SSSR count). The van der Waals surface area contributed by atoms with E-state index >= 15 is 0 Å². The molecule has 0 saturated heterocycles. The molecule has 1 amide bonds. The van der Waals surface area contributed by atoms with Crippen molar-refractivity contribution in [1.29, 1.82) is 0 Å². The Morgan fingerprint density at radius 3 is 2.31 bits per heavy atom. The number of carbonyl (C=O) groups excluding carboxylic acids is 1. The SMILES string of the molecule is CC(C)(C)S(=O)(=O)Nc1ccc(Cl)cc1C(=O)NC1=CC(C(F)(F)F)C1. The Kier molecular flexibility index (Phi) is 5.36. The number of nitrogens with one attached hydrogen (secondary N) is 2. The van der Waals surface area contributed by atoms with Gasteiger partial charge in [-0.1, -0.05) is 17.7 Å². The normalized spacial score (nSPS) is 18.0. The van der Waals surface area contributed by atoms with E-state index in [0.29, 0.717) is 0 Å². The van der Waals surface area contributed by atoms with Gasteiger partial charge in [0.25, 0.3) is 5.91 Å². The third-order valence-corrected chi connectivity index (χ3v) is 6.15. The zero-order valence-corrected chi connectivity index (χ0v) is 15.8. The number of alkyl halides is 3. The summed E-state index contributed by atoms with van der Waals surface area (Å²) in [7, 11) is -3.80. The summed E-state index contributed by atoms with van der Waals surface area (Å²) in [6.45, 7) is 4.46. The standard InChI is InChI=1S/C16H18ClF3N2O3S/c1-15(2,3)26(24,25)22-13-5-4-10(17)8-12(13)14(23)21-11-6-9(7-11)16(18,19)20/h4-6,8-9,22H,7H2,1-3H3,(H,21,23). The van der Waals surface area contributed by atoms with Crippen LogP contribution in [0.5, 0.6) is 0 Å². The second-order valence-corrected chi connectivity index (χ2v) is 9.78. The van der Waals surface area contributed by atoms with Gasteiger partial charge in [0.05, 0.1) is 21.9 Å². The van der Waals surface area contributed by atoms with Crippen molar-refractivity contribution in [1.82, 2.24) is 5.32 Å². The predicted molar refractivity (Wildman–Crippen MR) is 93.5 cm³/mol. The van der Waals surface area contributed by atoms with Gasteiger partial charge in [-0.3, -0.25) is 9.52 Å². The Labute approximate surface area is 154 Å². The third-order valence-electron chi connectivity index (χ3n) is 3.81. The number of amides is 1. The van der Waals surface area contributed by atoms with Crippen LogP contribution in [-0.4, -0.2) is 25.2 Å². The molecule has 2 N–H and O–H groups in total. The van der Waals surface area contributed by atoms with Crippen molar-refractivity contribution in [2.45, 2.75) is 38.1 Å². The summed E-state index contributed by atoms with van der Waals surface area (Å²) >= 11 is 5.87. The molecule has 10 heteroatoms. The van der Waals surface area contributed by atoms with E-state index in [1.165, 1.54) is 39.0 Å². The van der Waals surface area contributed by atoms with E-state index in [-0.39, 0.29) is 28.4 Å². The van der Waals surface area contributed by atoms with Gasteiger partial charge in [0.15, 0.2) is 0 Å². The van der Waals surface area contributed by atoms with Gasteiger partial charge in [0, 0.05) is 17.1 Å². The molecule has 0 aromatic heterocycles. The number of halogens is 4. The van der Waals surface area contributed by atoms with Gasteiger partial charge in [-0.25, -0.2) is 8.42 Å². The number of rotatable bonds is 4. The number of benzene rings is 1. The van der Waals surface area contributed by atoms with E-state index in [9.17, 15) is 26.4 Å². The quantitative estimate of drug-likeness (QED) is 0.785. The molecule has 1 aromatic rings. The first-order valence-electron chi connectivity index (χ1n) is 7.61. The molecule has 1 unspecified atom stereocenters. The summed E-state index contributed by atoms with van der Waals surface area (Å²) in [6, 6.07) is 3.98. The summed E-state index contributed by atoms with van der Waals surface area (Å²) < 4.78 is 63.3. The lowest BCUT2D eigenvalue weighted by molar-refractivity contribution is -0.165. The van der Waals surface area contributed by atoms with Gasteiger partial charge >= 0.3 is 6.18 Å². The summed E-state index contributed by atoms with van der Waals surface area (Å²) in [5, 5.41) is 2.54. The van der Waals surface area contributed by atoms with E-state index in [4.69, 9.17) is 11.6 Å². The van der Waals surface area contributed by atoms with E-state index in [1.807, 2.05) is 0 Å². The lowest BCUT2D eigenvalue weighted by Gasteiger charge is -2.28. The Morgan fingerprint density at radius 1 is 1.23 bits per heavy atom. The average molecular weight is 411 g/mol. The Morgan fingerprint density at radius 2 is 1.81 bits per heavy atom. The van der Waals surface area contributed by atoms with Crippen molar-refractivity contribution in [3.05, 3.63) is 40.6 Å². The lowest BCUT2D eigenvalue weighted by Crippen LogP contribution is -2.36. The molecule has 0 heterocycles. The second-order valence-electron chi connectivity index (χ2n) is 6.91. The minimum Gasteiger partial charge on any atom is -0.326 e. The molecule has 1 atom stereocenters. The fourth-order valence-corrected chi connectivity index (χ4v) is 3.00. The lowest BCUT2D eigenvalue weighted by atomic mass is 9.90. The highest BCUT2D eigenvalue weighted by Crippen LogP contribution is 2.38. The first-order chi connectivity index (χ1) is 11.7. The molecule has 0 radical (unpaired) electrons. The van der Waals surface area contributed by atoms with Crippen LogP contribution in [0, 0.1) is 5.92 Å². The Balaban J connectivity index is 2.24. The average Bonchev–Trinajstić information content (AvgIpc) is 2.41. The van der Waals surface area contributed by atoms with E-state index in [2.05, 4.69) is 10.0 Å². The van der Waals surface area contributed by atoms with Crippen molar-refractivity contribution >= 4 is 33.2 Å². The molecule has 1 aromatic carbocycles. The molecule has 0 spiro atoms. The van der Waals surface area contributed by atoms with Crippen LogP contribution in [0.25, 0.3) is 0 Å². The number of hydrogen-bond donors (Lipinski definition) is 2. The maximum absolute atomic E-state index is 12.5. The third kappa shape index (κ3) is 4.50. The molecule has 5 nitrogen and oxygen atoms in total. The van der Waals surface area contributed by atoms with Crippen molar-refractivity contribution in [3.63, 3.8) is 0 Å². The van der Waals surface area contributed by atoms with Gasteiger partial charge in [0.2, 0.25) is 10.0 Å². The number of carbonyl (C=O) groups is 1. The van der Waals surface area contributed by atoms with Crippen LogP contribution in [0.3, 0.4) is 0 Å². The van der Waals surface area contributed by atoms with Gasteiger partial charge in [-0.15, -0.1) is 0 Å². The van der Waals surface area contributed by atoms with Gasteiger partial charge in [-0.2, -0.15) is 13.2 Å². The molecular weight excluding hydrogens is 393 g/mol. The molecule has 0 saturated carbocycles. The second kappa shape index (κ2) is 6.77. The van der Waals surface area contributed by atoms with Crippen LogP contribution in [-0.2, 0) is 10.0 Å². The van der Waals surface area contributed by atoms with Crippen LogP contribution in [0.4, 0.5) is 18.9 Å². The van der Waals surface area contributed by atoms with Crippen molar-refractivity contribution in [3.8, 4) is 0 Å². The maximum Gasteiger partial charge on any atom is 0.395 e. The molecule has 1 aliphatic carbocycles. The first-order valence-corrected chi connectivity index (χ1v) is 9.47. The van der Waals surface area contributed by atoms with Gasteiger partial charge in [-0.05, 0) is 39.0 Å². The molecule has 0 bridgehead atoms.